The summed E-state index contributed by atoms with van der Waals surface area (Å²) in [6, 6.07) is 6.09. The van der Waals surface area contributed by atoms with Crippen LogP contribution in [0, 0.1) is 5.92 Å². The summed E-state index contributed by atoms with van der Waals surface area (Å²) in [5, 5.41) is 0.658. The van der Waals surface area contributed by atoms with E-state index in [0.717, 1.165) is 56.5 Å². The maximum absolute atomic E-state index is 12.4. The molecular weight excluding hydrogens is 314 g/mol. The zero-order chi connectivity index (χ0) is 15.8. The fourth-order valence-electron chi connectivity index (χ4n) is 3.27. The molecule has 2 aromatic rings. The average Bonchev–Trinajstić information content (AvgIpc) is 2.74. The molecule has 1 aromatic heterocycles. The molecule has 5 nitrogen and oxygen atoms in total. The molecule has 1 aliphatic carbocycles. The van der Waals surface area contributed by atoms with Gasteiger partial charge in [-0.2, -0.15) is 4.98 Å². The molecule has 4 rings (SSSR count). The van der Waals surface area contributed by atoms with E-state index < -0.39 is 0 Å². The zero-order valence-corrected chi connectivity index (χ0v) is 13.8. The maximum atomic E-state index is 12.4. The third kappa shape index (κ3) is 2.90. The van der Waals surface area contributed by atoms with Gasteiger partial charge in [-0.25, -0.2) is 0 Å². The summed E-state index contributed by atoms with van der Waals surface area (Å²) >= 11 is 6.00. The lowest BCUT2D eigenvalue weighted by Gasteiger charge is -2.30. The van der Waals surface area contributed by atoms with Crippen molar-refractivity contribution < 1.29 is 9.21 Å². The van der Waals surface area contributed by atoms with Crippen molar-refractivity contribution in [2.75, 3.05) is 31.1 Å². The summed E-state index contributed by atoms with van der Waals surface area (Å²) in [5.74, 6) is 0.607. The lowest BCUT2D eigenvalue weighted by atomic mass is 9.84. The number of aromatic nitrogens is 1. The van der Waals surface area contributed by atoms with Crippen LogP contribution in [0.2, 0.25) is 5.02 Å². The van der Waals surface area contributed by atoms with Gasteiger partial charge in [-0.15, -0.1) is 0 Å². The SMILES string of the molecule is O=C(C1CCC1)N1CCCN(c2nc3cc(Cl)ccc3o2)CC1. The van der Waals surface area contributed by atoms with Crippen molar-refractivity contribution in [1.82, 2.24) is 9.88 Å². The van der Waals surface area contributed by atoms with E-state index in [2.05, 4.69) is 9.88 Å². The van der Waals surface area contributed by atoms with Gasteiger partial charge in [-0.3, -0.25) is 4.79 Å². The van der Waals surface area contributed by atoms with Gasteiger partial charge in [0, 0.05) is 37.1 Å². The normalized spacial score (nSPS) is 19.7. The number of carbonyl (C=O) groups is 1. The highest BCUT2D eigenvalue weighted by molar-refractivity contribution is 6.31. The average molecular weight is 334 g/mol. The van der Waals surface area contributed by atoms with Crippen molar-refractivity contribution in [3.63, 3.8) is 0 Å². The van der Waals surface area contributed by atoms with Crippen LogP contribution in [-0.2, 0) is 4.79 Å². The third-order valence-corrected chi connectivity index (χ3v) is 5.11. The van der Waals surface area contributed by atoms with Gasteiger partial charge in [0.05, 0.1) is 0 Å². The highest BCUT2D eigenvalue weighted by Crippen LogP contribution is 2.29. The largest absolute Gasteiger partial charge is 0.423 e. The highest BCUT2D eigenvalue weighted by Gasteiger charge is 2.30. The number of halogens is 1. The Bertz CT molecular complexity index is 726. The summed E-state index contributed by atoms with van der Waals surface area (Å²) < 4.78 is 5.85. The van der Waals surface area contributed by atoms with E-state index in [1.165, 1.54) is 6.42 Å². The first kappa shape index (κ1) is 14.8. The number of benzene rings is 1. The Balaban J connectivity index is 1.47. The van der Waals surface area contributed by atoms with Crippen molar-refractivity contribution in [2.24, 2.45) is 5.92 Å². The zero-order valence-electron chi connectivity index (χ0n) is 13.0. The second-order valence-corrected chi connectivity index (χ2v) is 6.84. The fraction of sp³-hybridized carbons (Fsp3) is 0.529. The van der Waals surface area contributed by atoms with Crippen LogP contribution in [0.25, 0.3) is 11.1 Å². The lowest BCUT2D eigenvalue weighted by molar-refractivity contribution is -0.137. The van der Waals surface area contributed by atoms with Crippen LogP contribution < -0.4 is 4.90 Å². The monoisotopic (exact) mass is 333 g/mol. The van der Waals surface area contributed by atoms with Crippen molar-refractivity contribution >= 4 is 34.6 Å². The Morgan fingerprint density at radius 1 is 1.17 bits per heavy atom. The summed E-state index contributed by atoms with van der Waals surface area (Å²) in [7, 11) is 0. The summed E-state index contributed by atoms with van der Waals surface area (Å²) in [4.78, 5) is 21.1. The van der Waals surface area contributed by atoms with Gasteiger partial charge >= 0.3 is 0 Å². The predicted octanol–water partition coefficient (Wildman–Crippen LogP) is 3.32. The lowest BCUT2D eigenvalue weighted by Crippen LogP contribution is -2.41. The summed E-state index contributed by atoms with van der Waals surface area (Å²) in [5.41, 5.74) is 1.52. The number of hydrogen-bond donors (Lipinski definition) is 0. The molecule has 1 amide bonds. The first-order chi connectivity index (χ1) is 11.2. The fourth-order valence-corrected chi connectivity index (χ4v) is 3.43. The van der Waals surface area contributed by atoms with Crippen LogP contribution in [0.4, 0.5) is 6.01 Å². The second kappa shape index (κ2) is 6.04. The van der Waals surface area contributed by atoms with Crippen LogP contribution >= 0.6 is 11.6 Å². The predicted molar refractivity (Wildman–Crippen MR) is 89.8 cm³/mol. The van der Waals surface area contributed by atoms with Gasteiger partial charge in [0.2, 0.25) is 5.91 Å². The standard InChI is InChI=1S/C17H20ClN3O2/c18-13-5-6-15-14(11-13)19-17(23-15)21-8-2-7-20(9-10-21)16(22)12-3-1-4-12/h5-6,11-12H,1-4,7-10H2. The minimum atomic E-state index is 0.271. The molecule has 1 aliphatic heterocycles. The van der Waals surface area contributed by atoms with E-state index in [-0.39, 0.29) is 5.92 Å². The number of fused-ring (bicyclic) bond motifs is 1. The molecule has 1 aromatic carbocycles. The van der Waals surface area contributed by atoms with E-state index >= 15 is 0 Å². The van der Waals surface area contributed by atoms with Gasteiger partial charge < -0.3 is 14.2 Å². The molecule has 0 atom stereocenters. The Labute approximate surface area is 140 Å². The van der Waals surface area contributed by atoms with E-state index in [4.69, 9.17) is 16.0 Å². The van der Waals surface area contributed by atoms with E-state index in [1.807, 2.05) is 17.0 Å². The molecule has 0 unspecified atom stereocenters. The van der Waals surface area contributed by atoms with E-state index in [0.29, 0.717) is 16.9 Å². The van der Waals surface area contributed by atoms with E-state index in [1.54, 1.807) is 6.07 Å². The van der Waals surface area contributed by atoms with Gasteiger partial charge in [-0.1, -0.05) is 18.0 Å². The summed E-state index contributed by atoms with van der Waals surface area (Å²) in [6.45, 7) is 3.20. The molecule has 0 bridgehead atoms. The van der Waals surface area contributed by atoms with Gasteiger partial charge in [0.25, 0.3) is 6.01 Å². The number of amides is 1. The minimum absolute atomic E-state index is 0.271. The van der Waals surface area contributed by atoms with Crippen molar-refractivity contribution in [1.29, 1.82) is 0 Å². The van der Waals surface area contributed by atoms with Crippen molar-refractivity contribution in [2.45, 2.75) is 25.7 Å². The highest BCUT2D eigenvalue weighted by atomic mass is 35.5. The van der Waals surface area contributed by atoms with Gasteiger partial charge in [0.1, 0.15) is 5.52 Å². The molecule has 0 N–H and O–H groups in total. The Morgan fingerprint density at radius 2 is 2.04 bits per heavy atom. The molecule has 2 aliphatic rings. The third-order valence-electron chi connectivity index (χ3n) is 4.87. The van der Waals surface area contributed by atoms with Crippen LogP contribution in [0.1, 0.15) is 25.7 Å². The van der Waals surface area contributed by atoms with Crippen LogP contribution in [-0.4, -0.2) is 42.0 Å². The molecule has 1 saturated carbocycles. The van der Waals surface area contributed by atoms with Crippen molar-refractivity contribution in [3.8, 4) is 0 Å². The topological polar surface area (TPSA) is 49.6 Å². The number of rotatable bonds is 2. The van der Waals surface area contributed by atoms with Crippen LogP contribution in [0.3, 0.4) is 0 Å². The van der Waals surface area contributed by atoms with Gasteiger partial charge in [-0.05, 0) is 37.5 Å². The smallest absolute Gasteiger partial charge is 0.298 e. The molecular formula is C17H20ClN3O2. The van der Waals surface area contributed by atoms with Crippen LogP contribution in [0.15, 0.2) is 22.6 Å². The number of hydrogen-bond acceptors (Lipinski definition) is 4. The summed E-state index contributed by atoms with van der Waals surface area (Å²) in [6.07, 6.45) is 4.26. The first-order valence-corrected chi connectivity index (χ1v) is 8.68. The molecule has 2 fully saturated rings. The molecule has 2 heterocycles. The van der Waals surface area contributed by atoms with Crippen LogP contribution in [0.5, 0.6) is 0 Å². The number of nitrogens with zero attached hydrogens (tertiary/aromatic N) is 3. The molecule has 6 heteroatoms. The Morgan fingerprint density at radius 3 is 2.83 bits per heavy atom. The van der Waals surface area contributed by atoms with Crippen molar-refractivity contribution in [3.05, 3.63) is 23.2 Å². The number of anilines is 1. The number of oxazole rings is 1. The second-order valence-electron chi connectivity index (χ2n) is 6.40. The Kier molecular flexibility index (Phi) is 3.89. The quantitative estimate of drug-likeness (QED) is 0.846. The number of carbonyl (C=O) groups excluding carboxylic acids is 1. The first-order valence-electron chi connectivity index (χ1n) is 8.30. The molecule has 122 valence electrons. The molecule has 0 spiro atoms. The molecule has 0 radical (unpaired) electrons. The van der Waals surface area contributed by atoms with E-state index in [9.17, 15) is 4.79 Å². The molecule has 1 saturated heterocycles. The molecule has 23 heavy (non-hydrogen) atoms. The Hall–Kier alpha value is -1.75. The minimum Gasteiger partial charge on any atom is -0.423 e. The van der Waals surface area contributed by atoms with Gasteiger partial charge in [0.15, 0.2) is 5.58 Å². The maximum Gasteiger partial charge on any atom is 0.298 e.